The number of nitrogens with zero attached hydrogens (tertiary/aromatic N) is 1. The van der Waals surface area contributed by atoms with Gasteiger partial charge >= 0.3 is 18.4 Å². The van der Waals surface area contributed by atoms with Crippen LogP contribution in [0.4, 0.5) is 42.5 Å². The lowest BCUT2D eigenvalue weighted by atomic mass is 10.0. The summed E-state index contributed by atoms with van der Waals surface area (Å²) in [5, 5.41) is 14.8. The predicted octanol–water partition coefficient (Wildman–Crippen LogP) is 6.80. The molecule has 0 aliphatic heterocycles. The molecule has 0 saturated carbocycles. The van der Waals surface area contributed by atoms with Gasteiger partial charge in [0.15, 0.2) is 0 Å². The quantitative estimate of drug-likeness (QED) is 0.340. The number of alkyl halides is 6. The molecule has 11 heteroatoms. The van der Waals surface area contributed by atoms with Crippen LogP contribution in [0, 0.1) is 0 Å². The number of aromatic hydroxyl groups is 1. The second kappa shape index (κ2) is 9.87. The Hall–Kier alpha value is -3.73. The third-order valence-corrected chi connectivity index (χ3v) is 4.90. The molecule has 0 spiro atoms. The summed E-state index contributed by atoms with van der Waals surface area (Å²) in [6, 6.07) is 11.1. The van der Waals surface area contributed by atoms with Crippen LogP contribution in [0.3, 0.4) is 0 Å². The maximum atomic E-state index is 13.1. The van der Waals surface area contributed by atoms with Crippen LogP contribution in [0.5, 0.6) is 5.75 Å². The van der Waals surface area contributed by atoms with Gasteiger partial charge in [0.2, 0.25) is 0 Å². The first-order valence-electron chi connectivity index (χ1n) is 10.2. The molecule has 3 aromatic carbocycles. The van der Waals surface area contributed by atoms with Gasteiger partial charge in [-0.25, -0.2) is 4.79 Å². The van der Waals surface area contributed by atoms with Crippen LogP contribution in [-0.2, 0) is 18.9 Å². The van der Waals surface area contributed by atoms with Crippen LogP contribution >= 0.6 is 0 Å². The van der Waals surface area contributed by atoms with Crippen molar-refractivity contribution in [2.45, 2.75) is 18.9 Å². The van der Waals surface area contributed by atoms with E-state index in [1.54, 1.807) is 30.3 Å². The van der Waals surface area contributed by atoms with Gasteiger partial charge in [0.05, 0.1) is 16.8 Å². The number of para-hydroxylation sites is 1. The molecule has 0 aliphatic carbocycles. The highest BCUT2D eigenvalue weighted by Gasteiger charge is 2.37. The molecule has 0 aromatic heterocycles. The number of halogens is 6. The van der Waals surface area contributed by atoms with Crippen molar-refractivity contribution in [3.63, 3.8) is 0 Å². The highest BCUT2D eigenvalue weighted by Crippen LogP contribution is 2.38. The lowest BCUT2D eigenvalue weighted by molar-refractivity contribution is -0.143. The number of nitrogens with one attached hydrogen (secondary N) is 2. The number of urea groups is 1. The molecule has 0 unspecified atom stereocenters. The molecule has 0 heterocycles. The van der Waals surface area contributed by atoms with Gasteiger partial charge in [-0.05, 0) is 50.0 Å². The average molecular weight is 497 g/mol. The molecule has 0 radical (unpaired) electrons. The van der Waals surface area contributed by atoms with Crippen molar-refractivity contribution < 1.29 is 36.2 Å². The summed E-state index contributed by atoms with van der Waals surface area (Å²) in [5.41, 5.74) is -1.84. The van der Waals surface area contributed by atoms with E-state index in [-0.39, 0.29) is 17.5 Å². The van der Waals surface area contributed by atoms with Crippen LogP contribution in [0.25, 0.3) is 11.1 Å². The monoisotopic (exact) mass is 497 g/mol. The maximum absolute atomic E-state index is 13.1. The summed E-state index contributed by atoms with van der Waals surface area (Å²) in [5.74, 6) is 0.0269. The zero-order valence-electron chi connectivity index (χ0n) is 18.6. The lowest BCUT2D eigenvalue weighted by Crippen LogP contribution is -2.21. The number of phenolic OH excluding ortho intramolecular Hbond substituents is 1. The van der Waals surface area contributed by atoms with Crippen molar-refractivity contribution in [2.75, 3.05) is 24.7 Å². The Kier molecular flexibility index (Phi) is 7.30. The molecular formula is C24H21F6N3O2. The molecule has 35 heavy (non-hydrogen) atoms. The van der Waals surface area contributed by atoms with Gasteiger partial charge in [0.25, 0.3) is 0 Å². The highest BCUT2D eigenvalue weighted by atomic mass is 19.4. The summed E-state index contributed by atoms with van der Waals surface area (Å²) in [6.45, 7) is 0.491. The Balaban J connectivity index is 1.87. The number of carbonyl (C=O) groups excluding carboxylic acids is 1. The number of amides is 2. The fraction of sp³-hybridized carbons (Fsp3) is 0.208. The van der Waals surface area contributed by atoms with Gasteiger partial charge in [0, 0.05) is 23.4 Å². The zero-order valence-corrected chi connectivity index (χ0v) is 18.6. The summed E-state index contributed by atoms with van der Waals surface area (Å²) in [7, 11) is 3.68. The van der Waals surface area contributed by atoms with E-state index in [2.05, 4.69) is 5.32 Å². The van der Waals surface area contributed by atoms with Gasteiger partial charge in [-0.15, -0.1) is 0 Å². The largest absolute Gasteiger partial charge is 0.508 e. The second-order valence-electron chi connectivity index (χ2n) is 8.00. The van der Waals surface area contributed by atoms with Gasteiger partial charge in [-0.2, -0.15) is 26.3 Å². The summed E-state index contributed by atoms with van der Waals surface area (Å²) in [4.78, 5) is 14.4. The smallest absolute Gasteiger partial charge is 0.416 e. The lowest BCUT2D eigenvalue weighted by Gasteiger charge is -2.16. The van der Waals surface area contributed by atoms with E-state index >= 15 is 0 Å². The van der Waals surface area contributed by atoms with Crippen LogP contribution in [0.2, 0.25) is 0 Å². The first-order valence-corrected chi connectivity index (χ1v) is 10.2. The standard InChI is InChI=1S/C24H21F6N3O2/c1-33(2)13-15-8-7-14(9-21(15)34)19-5-3-4-6-20(19)32-22(35)31-18-11-16(23(25,26)27)10-17(12-18)24(28,29)30/h3-12,34H,13H2,1-2H3,(H2,31,32,35). The van der Waals surface area contributed by atoms with Gasteiger partial charge < -0.3 is 20.6 Å². The molecule has 5 nitrogen and oxygen atoms in total. The first-order chi connectivity index (χ1) is 16.2. The number of hydrogen-bond acceptors (Lipinski definition) is 3. The summed E-state index contributed by atoms with van der Waals surface area (Å²) >= 11 is 0. The number of benzene rings is 3. The molecule has 186 valence electrons. The van der Waals surface area contributed by atoms with Crippen molar-refractivity contribution in [1.29, 1.82) is 0 Å². The summed E-state index contributed by atoms with van der Waals surface area (Å²) in [6.07, 6.45) is -10.1. The van der Waals surface area contributed by atoms with Crippen molar-refractivity contribution in [2.24, 2.45) is 0 Å². The maximum Gasteiger partial charge on any atom is 0.416 e. The van der Waals surface area contributed by atoms with Crippen LogP contribution in [0.1, 0.15) is 16.7 Å². The van der Waals surface area contributed by atoms with Crippen molar-refractivity contribution in [1.82, 2.24) is 4.90 Å². The molecular weight excluding hydrogens is 476 g/mol. The third kappa shape index (κ3) is 6.66. The van der Waals surface area contributed by atoms with Crippen molar-refractivity contribution in [3.05, 3.63) is 77.4 Å². The van der Waals surface area contributed by atoms with E-state index in [4.69, 9.17) is 0 Å². The molecule has 0 bridgehead atoms. The van der Waals surface area contributed by atoms with Crippen molar-refractivity contribution >= 4 is 17.4 Å². The average Bonchev–Trinajstić information content (AvgIpc) is 2.74. The van der Waals surface area contributed by atoms with E-state index in [0.29, 0.717) is 35.4 Å². The third-order valence-electron chi connectivity index (χ3n) is 4.90. The van der Waals surface area contributed by atoms with E-state index in [0.717, 1.165) is 0 Å². The SMILES string of the molecule is CN(C)Cc1ccc(-c2ccccc2NC(=O)Nc2cc(C(F)(F)F)cc(C(F)(F)F)c2)cc1O. The molecule has 2 amide bonds. The predicted molar refractivity (Wildman–Crippen MR) is 120 cm³/mol. The molecule has 0 fully saturated rings. The number of carbonyl (C=O) groups is 1. The molecule has 0 saturated heterocycles. The number of rotatable bonds is 5. The minimum atomic E-state index is -5.04. The number of hydrogen-bond donors (Lipinski definition) is 3. The van der Waals surface area contributed by atoms with Crippen LogP contribution in [0.15, 0.2) is 60.7 Å². The number of phenols is 1. The van der Waals surface area contributed by atoms with E-state index in [9.17, 15) is 36.2 Å². The highest BCUT2D eigenvalue weighted by molar-refractivity contribution is 6.02. The Bertz CT molecular complexity index is 1190. The zero-order chi connectivity index (χ0) is 26.0. The van der Waals surface area contributed by atoms with Crippen molar-refractivity contribution in [3.8, 4) is 16.9 Å². The molecule has 3 rings (SSSR count). The van der Waals surface area contributed by atoms with Crippen LogP contribution in [-0.4, -0.2) is 30.1 Å². The molecule has 0 aliphatic rings. The van der Waals surface area contributed by atoms with Gasteiger partial charge in [-0.3, -0.25) is 0 Å². The van der Waals surface area contributed by atoms with Crippen LogP contribution < -0.4 is 10.6 Å². The first kappa shape index (κ1) is 25.9. The fourth-order valence-electron chi connectivity index (χ4n) is 3.36. The summed E-state index contributed by atoms with van der Waals surface area (Å²) < 4.78 is 78.4. The normalized spacial score (nSPS) is 12.0. The van der Waals surface area contributed by atoms with E-state index in [1.807, 2.05) is 24.3 Å². The Labute approximate surface area is 197 Å². The van der Waals surface area contributed by atoms with Gasteiger partial charge in [0.1, 0.15) is 5.75 Å². The topological polar surface area (TPSA) is 64.6 Å². The molecule has 3 aromatic rings. The molecule has 3 N–H and O–H groups in total. The van der Waals surface area contributed by atoms with Gasteiger partial charge in [-0.1, -0.05) is 30.3 Å². The second-order valence-corrected chi connectivity index (χ2v) is 8.00. The minimum absolute atomic E-state index is 0.0230. The Morgan fingerprint density at radius 2 is 1.46 bits per heavy atom. The molecule has 0 atom stereocenters. The minimum Gasteiger partial charge on any atom is -0.508 e. The Morgan fingerprint density at radius 1 is 0.857 bits per heavy atom. The van der Waals surface area contributed by atoms with E-state index < -0.39 is 35.2 Å². The fourth-order valence-corrected chi connectivity index (χ4v) is 3.36. The van der Waals surface area contributed by atoms with E-state index in [1.165, 1.54) is 12.1 Å². The number of anilines is 2. The Morgan fingerprint density at radius 3 is 2.00 bits per heavy atom.